The molecule has 0 aromatic carbocycles. The summed E-state index contributed by atoms with van der Waals surface area (Å²) in [5.74, 6) is -0.334. The summed E-state index contributed by atoms with van der Waals surface area (Å²) in [5.41, 5.74) is 0.228. The van der Waals surface area contributed by atoms with Crippen molar-refractivity contribution in [3.8, 4) is 0 Å². The zero-order valence-corrected chi connectivity index (χ0v) is 13.9. The average molecular weight is 344 g/mol. The van der Waals surface area contributed by atoms with Crippen molar-refractivity contribution in [2.24, 2.45) is 0 Å². The van der Waals surface area contributed by atoms with Crippen LogP contribution in [0.1, 0.15) is 48.8 Å². The summed E-state index contributed by atoms with van der Waals surface area (Å²) < 4.78 is 0. The van der Waals surface area contributed by atoms with E-state index < -0.39 is 4.92 Å². The van der Waals surface area contributed by atoms with Gasteiger partial charge in [0.1, 0.15) is 5.69 Å². The number of nitro groups is 1. The number of nitrogens with zero attached hydrogens (tertiary/aromatic N) is 3. The lowest BCUT2D eigenvalue weighted by Crippen LogP contribution is -2.39. The van der Waals surface area contributed by atoms with E-state index in [9.17, 15) is 14.9 Å². The molecule has 0 saturated carbocycles. The van der Waals surface area contributed by atoms with Gasteiger partial charge >= 0.3 is 5.69 Å². The van der Waals surface area contributed by atoms with Gasteiger partial charge in [-0.3, -0.25) is 20.0 Å². The number of halogens is 1. The molecule has 0 spiro atoms. The maximum atomic E-state index is 12.7. The predicted octanol–water partition coefficient (Wildman–Crippen LogP) is 1.66. The molecule has 9 heteroatoms. The zero-order chi connectivity index (χ0) is 15.7. The van der Waals surface area contributed by atoms with Crippen LogP contribution in [0.15, 0.2) is 0 Å². The Kier molecular flexibility index (Phi) is 5.59. The first-order valence-electron chi connectivity index (χ1n) is 7.87. The molecule has 128 valence electrons. The first kappa shape index (κ1) is 17.7. The fourth-order valence-electron chi connectivity index (χ4n) is 3.42. The van der Waals surface area contributed by atoms with E-state index in [2.05, 4.69) is 15.5 Å². The molecule has 2 bridgehead atoms. The van der Waals surface area contributed by atoms with E-state index in [1.54, 1.807) is 4.90 Å². The first-order valence-corrected chi connectivity index (χ1v) is 7.87. The Morgan fingerprint density at radius 3 is 2.83 bits per heavy atom. The van der Waals surface area contributed by atoms with E-state index in [1.165, 1.54) is 0 Å². The van der Waals surface area contributed by atoms with Gasteiger partial charge in [-0.25, -0.2) is 0 Å². The van der Waals surface area contributed by atoms with Crippen LogP contribution in [0.3, 0.4) is 0 Å². The lowest BCUT2D eigenvalue weighted by atomic mass is 10.1. The van der Waals surface area contributed by atoms with Crippen LogP contribution in [-0.4, -0.2) is 51.1 Å². The molecule has 2 unspecified atom stereocenters. The summed E-state index contributed by atoms with van der Waals surface area (Å²) in [6, 6.07) is 0.761. The second-order valence-electron chi connectivity index (χ2n) is 6.08. The number of aromatic amines is 1. The van der Waals surface area contributed by atoms with Crippen molar-refractivity contribution >= 4 is 24.0 Å². The van der Waals surface area contributed by atoms with E-state index in [4.69, 9.17) is 0 Å². The molecule has 3 heterocycles. The van der Waals surface area contributed by atoms with Crippen LogP contribution in [0.5, 0.6) is 0 Å². The number of H-pyrrole nitrogens is 1. The molecule has 2 N–H and O–H groups in total. The third-order valence-corrected chi connectivity index (χ3v) is 4.51. The van der Waals surface area contributed by atoms with Crippen LogP contribution in [0.2, 0.25) is 0 Å². The Morgan fingerprint density at radius 1 is 1.39 bits per heavy atom. The fourth-order valence-corrected chi connectivity index (χ4v) is 3.42. The summed E-state index contributed by atoms with van der Waals surface area (Å²) in [6.45, 7) is 3.16. The van der Waals surface area contributed by atoms with Crippen molar-refractivity contribution in [3.63, 3.8) is 0 Å². The third kappa shape index (κ3) is 3.48. The number of carbonyl (C=O) groups excluding carboxylic acids is 1. The number of rotatable bonds is 4. The van der Waals surface area contributed by atoms with Gasteiger partial charge in [-0.2, -0.15) is 5.10 Å². The molecular weight excluding hydrogens is 322 g/mol. The van der Waals surface area contributed by atoms with Gasteiger partial charge in [0.05, 0.1) is 4.92 Å². The fraction of sp³-hybridized carbons (Fsp3) is 0.714. The number of carbonyl (C=O) groups is 1. The number of amides is 1. The predicted molar refractivity (Wildman–Crippen MR) is 87.0 cm³/mol. The largest absolute Gasteiger partial charge is 0.335 e. The number of aromatic nitrogens is 2. The Bertz CT molecular complexity index is 591. The van der Waals surface area contributed by atoms with Crippen molar-refractivity contribution in [1.82, 2.24) is 20.4 Å². The number of fused-ring (bicyclic) bond motifs is 2. The smallest absolute Gasteiger partial charge is 0.322 e. The monoisotopic (exact) mass is 343 g/mol. The van der Waals surface area contributed by atoms with Crippen molar-refractivity contribution in [3.05, 3.63) is 21.5 Å². The molecule has 8 nitrogen and oxygen atoms in total. The minimum absolute atomic E-state index is 0. The average Bonchev–Trinajstić information content (AvgIpc) is 3.02. The van der Waals surface area contributed by atoms with Gasteiger partial charge in [-0.15, -0.1) is 12.4 Å². The van der Waals surface area contributed by atoms with Gasteiger partial charge < -0.3 is 10.2 Å². The van der Waals surface area contributed by atoms with E-state index in [0.29, 0.717) is 37.3 Å². The van der Waals surface area contributed by atoms with E-state index in [0.717, 1.165) is 25.7 Å². The molecule has 2 atom stereocenters. The second kappa shape index (κ2) is 7.27. The molecule has 1 aromatic rings. The minimum Gasteiger partial charge on any atom is -0.335 e. The number of hydrogen-bond acceptors (Lipinski definition) is 5. The maximum Gasteiger partial charge on any atom is 0.322 e. The lowest BCUT2D eigenvalue weighted by Gasteiger charge is -2.23. The minimum atomic E-state index is -0.496. The first-order chi connectivity index (χ1) is 10.6. The molecule has 0 aliphatic carbocycles. The Balaban J connectivity index is 0.00000192. The molecule has 2 fully saturated rings. The lowest BCUT2D eigenvalue weighted by molar-refractivity contribution is -0.385. The molecule has 1 amide bonds. The molecular formula is C14H22ClN5O3. The van der Waals surface area contributed by atoms with Crippen LogP contribution >= 0.6 is 12.4 Å². The van der Waals surface area contributed by atoms with Crippen LogP contribution < -0.4 is 5.32 Å². The highest BCUT2D eigenvalue weighted by Gasteiger charge is 2.36. The van der Waals surface area contributed by atoms with Crippen molar-refractivity contribution in [2.75, 3.05) is 13.1 Å². The van der Waals surface area contributed by atoms with Crippen LogP contribution in [0.25, 0.3) is 0 Å². The Hall–Kier alpha value is -1.67. The summed E-state index contributed by atoms with van der Waals surface area (Å²) in [7, 11) is 0. The number of likely N-dealkylation sites (tertiary alicyclic amines) is 1. The summed E-state index contributed by atoms with van der Waals surface area (Å²) >= 11 is 0. The quantitative estimate of drug-likeness (QED) is 0.639. The van der Waals surface area contributed by atoms with Crippen molar-refractivity contribution in [1.29, 1.82) is 0 Å². The highest BCUT2D eigenvalue weighted by Crippen LogP contribution is 2.26. The van der Waals surface area contributed by atoms with Gasteiger partial charge in [0, 0.05) is 25.2 Å². The van der Waals surface area contributed by atoms with Gasteiger partial charge in [0.25, 0.3) is 5.91 Å². The van der Waals surface area contributed by atoms with E-state index >= 15 is 0 Å². The number of aryl methyl sites for hydroxylation is 1. The van der Waals surface area contributed by atoms with E-state index in [1.807, 2.05) is 6.92 Å². The Labute approximate surface area is 140 Å². The van der Waals surface area contributed by atoms with E-state index in [-0.39, 0.29) is 29.7 Å². The summed E-state index contributed by atoms with van der Waals surface area (Å²) in [4.78, 5) is 25.2. The highest BCUT2D eigenvalue weighted by atomic mass is 35.5. The van der Waals surface area contributed by atoms with Crippen LogP contribution in [-0.2, 0) is 6.42 Å². The maximum absolute atomic E-state index is 12.7. The highest BCUT2D eigenvalue weighted by molar-refractivity contribution is 5.96. The van der Waals surface area contributed by atoms with Gasteiger partial charge in [-0.05, 0) is 25.7 Å². The molecule has 2 saturated heterocycles. The normalized spacial score (nSPS) is 23.3. The number of nitrogens with one attached hydrogen (secondary N) is 2. The second-order valence-corrected chi connectivity index (χ2v) is 6.08. The van der Waals surface area contributed by atoms with Crippen LogP contribution in [0, 0.1) is 10.1 Å². The van der Waals surface area contributed by atoms with Crippen LogP contribution in [0.4, 0.5) is 5.69 Å². The topological polar surface area (TPSA) is 104 Å². The molecule has 23 heavy (non-hydrogen) atoms. The third-order valence-electron chi connectivity index (χ3n) is 4.51. The van der Waals surface area contributed by atoms with Gasteiger partial charge in [0.15, 0.2) is 0 Å². The van der Waals surface area contributed by atoms with Gasteiger partial charge in [0.2, 0.25) is 5.69 Å². The number of hydrogen-bond donors (Lipinski definition) is 2. The van der Waals surface area contributed by atoms with Crippen molar-refractivity contribution < 1.29 is 9.72 Å². The molecule has 0 radical (unpaired) electrons. The Morgan fingerprint density at radius 2 is 2.13 bits per heavy atom. The standard InChI is InChI=1S/C14H21N5O3.ClH/c1-2-3-11-13(19(21)22)12(17-16-11)14(20)18-7-6-9-4-5-10(8-18)15-9;/h9-10,15H,2-8H2,1H3,(H,16,17);1H. The summed E-state index contributed by atoms with van der Waals surface area (Å²) in [5, 5.41) is 21.4. The SMILES string of the molecule is CCCc1[nH]nc(C(=O)N2CCC3CCC(C2)N3)c1[N+](=O)[O-].Cl. The molecule has 1 aromatic heterocycles. The summed E-state index contributed by atoms with van der Waals surface area (Å²) in [6.07, 6.45) is 4.37. The van der Waals surface area contributed by atoms with Crippen molar-refractivity contribution in [2.45, 2.75) is 51.1 Å². The zero-order valence-electron chi connectivity index (χ0n) is 13.1. The molecule has 3 rings (SSSR count). The van der Waals surface area contributed by atoms with Gasteiger partial charge in [-0.1, -0.05) is 13.3 Å². The molecule has 2 aliphatic rings. The molecule has 2 aliphatic heterocycles.